The minimum absolute atomic E-state index is 0.362. The molecule has 0 bridgehead atoms. The number of nitrogen functional groups attached to an aromatic ring is 1. The molecule has 2 aromatic rings. The van der Waals surface area contributed by atoms with Gasteiger partial charge in [-0.05, 0) is 25.5 Å². The minimum Gasteiger partial charge on any atom is -0.374 e. The van der Waals surface area contributed by atoms with Gasteiger partial charge in [-0.25, -0.2) is 15.8 Å². The molecule has 2 rings (SSSR count). The number of benzene rings is 1. The van der Waals surface area contributed by atoms with Crippen molar-refractivity contribution in [2.45, 2.75) is 20.5 Å². The number of aryl methyl sites for hydroxylation is 1. The smallest absolute Gasteiger partial charge is 0.158 e. The molecule has 1 aromatic heterocycles. The molecule has 0 saturated heterocycles. The first-order valence-corrected chi connectivity index (χ1v) is 6.87. The first-order chi connectivity index (χ1) is 10.2. The summed E-state index contributed by atoms with van der Waals surface area (Å²) in [6.07, 6.45) is 0. The molecule has 1 heterocycles. The van der Waals surface area contributed by atoms with Gasteiger partial charge in [0.05, 0.1) is 0 Å². The van der Waals surface area contributed by atoms with Crippen molar-refractivity contribution in [3.05, 3.63) is 41.7 Å². The molecular formula is C15H21N5O. The van der Waals surface area contributed by atoms with Crippen LogP contribution in [0.15, 0.2) is 30.3 Å². The number of rotatable bonds is 6. The van der Waals surface area contributed by atoms with Gasteiger partial charge in [-0.2, -0.15) is 0 Å². The van der Waals surface area contributed by atoms with Gasteiger partial charge in [-0.1, -0.05) is 18.2 Å². The van der Waals surface area contributed by atoms with Crippen LogP contribution in [0.1, 0.15) is 18.3 Å². The van der Waals surface area contributed by atoms with E-state index in [4.69, 9.17) is 10.6 Å². The SMILES string of the molecule is CCOCc1nc(NN)cc(N(C)c2ccccc2C)n1. The van der Waals surface area contributed by atoms with Crippen LogP contribution in [0.2, 0.25) is 0 Å². The van der Waals surface area contributed by atoms with Gasteiger partial charge in [0.1, 0.15) is 18.2 Å². The first-order valence-electron chi connectivity index (χ1n) is 6.87. The van der Waals surface area contributed by atoms with Crippen LogP contribution in [-0.2, 0) is 11.3 Å². The van der Waals surface area contributed by atoms with E-state index in [1.165, 1.54) is 5.56 Å². The van der Waals surface area contributed by atoms with E-state index in [1.807, 2.05) is 37.1 Å². The number of aromatic nitrogens is 2. The maximum Gasteiger partial charge on any atom is 0.158 e. The molecule has 0 aliphatic heterocycles. The molecule has 0 saturated carbocycles. The second-order valence-electron chi connectivity index (χ2n) is 4.65. The summed E-state index contributed by atoms with van der Waals surface area (Å²) in [7, 11) is 1.97. The first kappa shape index (κ1) is 15.2. The Kier molecular flexibility index (Phi) is 5.08. The van der Waals surface area contributed by atoms with E-state index in [1.54, 1.807) is 0 Å². The second-order valence-corrected chi connectivity index (χ2v) is 4.65. The van der Waals surface area contributed by atoms with Crippen molar-refractivity contribution < 1.29 is 4.74 Å². The Morgan fingerprint density at radius 1 is 1.29 bits per heavy atom. The fourth-order valence-electron chi connectivity index (χ4n) is 2.05. The third kappa shape index (κ3) is 3.68. The Hall–Kier alpha value is -2.18. The Morgan fingerprint density at radius 2 is 2.05 bits per heavy atom. The maximum absolute atomic E-state index is 5.49. The molecule has 6 heteroatoms. The number of nitrogens with zero attached hydrogens (tertiary/aromatic N) is 3. The molecule has 6 nitrogen and oxygen atoms in total. The second kappa shape index (κ2) is 7.01. The lowest BCUT2D eigenvalue weighted by molar-refractivity contribution is 0.128. The van der Waals surface area contributed by atoms with Gasteiger partial charge in [0.25, 0.3) is 0 Å². The predicted octanol–water partition coefficient (Wildman–Crippen LogP) is 2.38. The van der Waals surface area contributed by atoms with Crippen molar-refractivity contribution in [1.29, 1.82) is 0 Å². The van der Waals surface area contributed by atoms with E-state index in [9.17, 15) is 0 Å². The normalized spacial score (nSPS) is 10.5. The van der Waals surface area contributed by atoms with Crippen molar-refractivity contribution in [3.63, 3.8) is 0 Å². The van der Waals surface area contributed by atoms with Crippen LogP contribution < -0.4 is 16.2 Å². The molecule has 0 atom stereocenters. The van der Waals surface area contributed by atoms with Crippen LogP contribution >= 0.6 is 0 Å². The highest BCUT2D eigenvalue weighted by Crippen LogP contribution is 2.26. The largest absolute Gasteiger partial charge is 0.374 e. The third-order valence-corrected chi connectivity index (χ3v) is 3.16. The fourth-order valence-corrected chi connectivity index (χ4v) is 2.05. The van der Waals surface area contributed by atoms with Gasteiger partial charge >= 0.3 is 0 Å². The zero-order valence-corrected chi connectivity index (χ0v) is 12.6. The molecule has 112 valence electrons. The van der Waals surface area contributed by atoms with E-state index in [0.717, 1.165) is 11.5 Å². The lowest BCUT2D eigenvalue weighted by atomic mass is 10.2. The summed E-state index contributed by atoms with van der Waals surface area (Å²) < 4.78 is 5.37. The van der Waals surface area contributed by atoms with Crippen LogP contribution in [0.3, 0.4) is 0 Å². The van der Waals surface area contributed by atoms with Gasteiger partial charge in [0, 0.05) is 25.4 Å². The van der Waals surface area contributed by atoms with Gasteiger partial charge in [0.15, 0.2) is 5.82 Å². The van der Waals surface area contributed by atoms with Crippen molar-refractivity contribution in [3.8, 4) is 0 Å². The number of hydrogen-bond acceptors (Lipinski definition) is 6. The van der Waals surface area contributed by atoms with Crippen molar-refractivity contribution in [1.82, 2.24) is 9.97 Å². The highest BCUT2D eigenvalue weighted by molar-refractivity contribution is 5.64. The average Bonchev–Trinajstić information content (AvgIpc) is 2.52. The Balaban J connectivity index is 2.35. The molecule has 21 heavy (non-hydrogen) atoms. The summed E-state index contributed by atoms with van der Waals surface area (Å²) in [4.78, 5) is 10.8. The Morgan fingerprint density at radius 3 is 2.71 bits per heavy atom. The summed E-state index contributed by atoms with van der Waals surface area (Å²) in [5.74, 6) is 7.42. The molecular weight excluding hydrogens is 266 g/mol. The average molecular weight is 287 g/mol. The molecule has 0 radical (unpaired) electrons. The van der Waals surface area contributed by atoms with Crippen molar-refractivity contribution >= 4 is 17.3 Å². The summed E-state index contributed by atoms with van der Waals surface area (Å²) in [6.45, 7) is 4.98. The molecule has 0 amide bonds. The molecule has 0 aliphatic rings. The number of nitrogens with two attached hydrogens (primary N) is 1. The van der Waals surface area contributed by atoms with Gasteiger partial charge in [-0.3, -0.25) is 0 Å². The number of hydrazine groups is 1. The number of anilines is 3. The van der Waals surface area contributed by atoms with E-state index in [0.29, 0.717) is 24.9 Å². The lowest BCUT2D eigenvalue weighted by Gasteiger charge is -2.21. The van der Waals surface area contributed by atoms with Crippen LogP contribution in [0.4, 0.5) is 17.3 Å². The van der Waals surface area contributed by atoms with Crippen molar-refractivity contribution in [2.24, 2.45) is 5.84 Å². The van der Waals surface area contributed by atoms with E-state index in [2.05, 4.69) is 34.5 Å². The molecule has 3 N–H and O–H groups in total. The standard InChI is InChI=1S/C15H21N5O/c1-4-21-10-14-17-13(19-16)9-15(18-14)20(3)12-8-6-5-7-11(12)2/h5-9H,4,10,16H2,1-3H3,(H,17,18,19). The van der Waals surface area contributed by atoms with Crippen LogP contribution in [-0.4, -0.2) is 23.6 Å². The lowest BCUT2D eigenvalue weighted by Crippen LogP contribution is -2.17. The van der Waals surface area contributed by atoms with Crippen LogP contribution in [0, 0.1) is 6.92 Å². The molecule has 0 fully saturated rings. The molecule has 0 unspecified atom stereocenters. The van der Waals surface area contributed by atoms with Gasteiger partial charge < -0.3 is 15.1 Å². The maximum atomic E-state index is 5.49. The monoisotopic (exact) mass is 287 g/mol. The molecule has 1 aromatic carbocycles. The Bertz CT molecular complexity index is 602. The summed E-state index contributed by atoms with van der Waals surface area (Å²) in [5.41, 5.74) is 4.83. The van der Waals surface area contributed by atoms with E-state index in [-0.39, 0.29) is 0 Å². The highest BCUT2D eigenvalue weighted by atomic mass is 16.5. The number of nitrogens with one attached hydrogen (secondary N) is 1. The van der Waals surface area contributed by atoms with Crippen molar-refractivity contribution in [2.75, 3.05) is 24.0 Å². The zero-order chi connectivity index (χ0) is 15.2. The quantitative estimate of drug-likeness (QED) is 0.627. The fraction of sp³-hybridized carbons (Fsp3) is 0.333. The number of ether oxygens (including phenoxy) is 1. The summed E-state index contributed by atoms with van der Waals surface area (Å²) in [6, 6.07) is 9.94. The van der Waals surface area contributed by atoms with Crippen LogP contribution in [0.25, 0.3) is 0 Å². The van der Waals surface area contributed by atoms with E-state index >= 15 is 0 Å². The highest BCUT2D eigenvalue weighted by Gasteiger charge is 2.11. The van der Waals surface area contributed by atoms with Gasteiger partial charge in [0.2, 0.25) is 0 Å². The summed E-state index contributed by atoms with van der Waals surface area (Å²) in [5, 5.41) is 0. The topological polar surface area (TPSA) is 76.3 Å². The van der Waals surface area contributed by atoms with Gasteiger partial charge in [-0.15, -0.1) is 0 Å². The van der Waals surface area contributed by atoms with E-state index < -0.39 is 0 Å². The predicted molar refractivity (Wildman–Crippen MR) is 84.4 cm³/mol. The number of para-hydroxylation sites is 1. The number of hydrogen-bond donors (Lipinski definition) is 2. The molecule has 0 aliphatic carbocycles. The third-order valence-electron chi connectivity index (χ3n) is 3.16. The van der Waals surface area contributed by atoms with Crippen LogP contribution in [0.5, 0.6) is 0 Å². The summed E-state index contributed by atoms with van der Waals surface area (Å²) >= 11 is 0. The minimum atomic E-state index is 0.362. The Labute approximate surface area is 124 Å². The molecule has 0 spiro atoms. The zero-order valence-electron chi connectivity index (χ0n) is 12.6.